The molecule has 64 valence electrons. The minimum Gasteiger partial charge on any atom is -0.374 e. The third-order valence-electron chi connectivity index (χ3n) is 3.24. The Bertz CT molecular complexity index is 169. The van der Waals surface area contributed by atoms with Gasteiger partial charge in [0.2, 0.25) is 0 Å². The lowest BCUT2D eigenvalue weighted by Gasteiger charge is -2.26. The fraction of sp³-hybridized carbons (Fsp3) is 1.00. The zero-order chi connectivity index (χ0) is 8.06. The molecular weight excluding hydrogens is 140 g/mol. The highest BCUT2D eigenvalue weighted by Gasteiger charge is 2.53. The van der Waals surface area contributed by atoms with Crippen molar-refractivity contribution in [2.75, 3.05) is 13.2 Å². The van der Waals surface area contributed by atoms with Crippen LogP contribution in [0.3, 0.4) is 0 Å². The number of ether oxygens (including phenoxy) is 2. The topological polar surface area (TPSA) is 18.5 Å². The number of hydrogen-bond donors (Lipinski definition) is 0. The Hall–Kier alpha value is -0.0800. The van der Waals surface area contributed by atoms with E-state index in [1.165, 1.54) is 0 Å². The average Bonchev–Trinajstić information content (AvgIpc) is 2.39. The second-order valence-electron chi connectivity index (χ2n) is 4.13. The summed E-state index contributed by atoms with van der Waals surface area (Å²) in [6.07, 6.45) is 0.345. The van der Waals surface area contributed by atoms with Gasteiger partial charge in [0.15, 0.2) is 0 Å². The van der Waals surface area contributed by atoms with Crippen LogP contribution in [0.25, 0.3) is 0 Å². The SMILES string of the molecule is C[C@@H]1CO[C@@]2(C)C1OC[C@@H]2C. The quantitative estimate of drug-likeness (QED) is 0.528. The highest BCUT2D eigenvalue weighted by molar-refractivity contribution is 5.01. The molecule has 0 aromatic rings. The summed E-state index contributed by atoms with van der Waals surface area (Å²) in [6.45, 7) is 8.32. The molecule has 2 fully saturated rings. The molecule has 0 aliphatic carbocycles. The van der Waals surface area contributed by atoms with E-state index >= 15 is 0 Å². The number of fused-ring (bicyclic) bond motifs is 1. The van der Waals surface area contributed by atoms with Crippen molar-refractivity contribution >= 4 is 0 Å². The molecule has 11 heavy (non-hydrogen) atoms. The van der Waals surface area contributed by atoms with Crippen LogP contribution >= 0.6 is 0 Å². The predicted octanol–water partition coefficient (Wildman–Crippen LogP) is 1.45. The van der Waals surface area contributed by atoms with Crippen LogP contribution < -0.4 is 0 Å². The van der Waals surface area contributed by atoms with E-state index in [0.717, 1.165) is 13.2 Å². The first-order valence-corrected chi connectivity index (χ1v) is 4.40. The summed E-state index contributed by atoms with van der Waals surface area (Å²) < 4.78 is 11.4. The lowest BCUT2D eigenvalue weighted by Crippen LogP contribution is -2.37. The van der Waals surface area contributed by atoms with E-state index in [2.05, 4.69) is 20.8 Å². The molecule has 2 heteroatoms. The zero-order valence-electron chi connectivity index (χ0n) is 7.46. The second kappa shape index (κ2) is 2.20. The summed E-state index contributed by atoms with van der Waals surface area (Å²) in [5.41, 5.74) is 0.0133. The van der Waals surface area contributed by atoms with E-state index in [9.17, 15) is 0 Å². The molecule has 0 bridgehead atoms. The van der Waals surface area contributed by atoms with Gasteiger partial charge in [-0.2, -0.15) is 0 Å². The molecule has 0 amide bonds. The Kier molecular flexibility index (Phi) is 1.52. The van der Waals surface area contributed by atoms with Gasteiger partial charge < -0.3 is 9.47 Å². The van der Waals surface area contributed by atoms with Gasteiger partial charge in [0.1, 0.15) is 0 Å². The van der Waals surface area contributed by atoms with Gasteiger partial charge in [-0.15, -0.1) is 0 Å². The van der Waals surface area contributed by atoms with Gasteiger partial charge >= 0.3 is 0 Å². The Morgan fingerprint density at radius 1 is 1.27 bits per heavy atom. The van der Waals surface area contributed by atoms with Gasteiger partial charge in [-0.05, 0) is 6.92 Å². The molecule has 0 N–H and O–H groups in total. The van der Waals surface area contributed by atoms with E-state index in [1.807, 2.05) is 0 Å². The summed E-state index contributed by atoms with van der Waals surface area (Å²) >= 11 is 0. The van der Waals surface area contributed by atoms with Crippen LogP contribution in [0.2, 0.25) is 0 Å². The minimum atomic E-state index is 0.0133. The van der Waals surface area contributed by atoms with Crippen molar-refractivity contribution in [2.24, 2.45) is 11.8 Å². The molecule has 0 saturated carbocycles. The summed E-state index contributed by atoms with van der Waals surface area (Å²) in [6, 6.07) is 0. The van der Waals surface area contributed by atoms with Crippen LogP contribution in [-0.2, 0) is 9.47 Å². The number of hydrogen-bond acceptors (Lipinski definition) is 2. The van der Waals surface area contributed by atoms with Gasteiger partial charge in [-0.3, -0.25) is 0 Å². The van der Waals surface area contributed by atoms with Crippen molar-refractivity contribution in [1.82, 2.24) is 0 Å². The molecule has 1 unspecified atom stereocenters. The fourth-order valence-electron chi connectivity index (χ4n) is 2.21. The van der Waals surface area contributed by atoms with Gasteiger partial charge in [-0.25, -0.2) is 0 Å². The summed E-state index contributed by atoms with van der Waals surface area (Å²) in [7, 11) is 0. The fourth-order valence-corrected chi connectivity index (χ4v) is 2.21. The maximum atomic E-state index is 5.76. The summed E-state index contributed by atoms with van der Waals surface area (Å²) in [4.78, 5) is 0. The highest BCUT2D eigenvalue weighted by Crippen LogP contribution is 2.43. The van der Waals surface area contributed by atoms with E-state index in [0.29, 0.717) is 17.9 Å². The smallest absolute Gasteiger partial charge is 0.0965 e. The first-order chi connectivity index (χ1) is 5.14. The molecule has 0 spiro atoms. The Balaban J connectivity index is 2.23. The lowest BCUT2D eigenvalue weighted by molar-refractivity contribution is -0.0244. The van der Waals surface area contributed by atoms with Crippen molar-refractivity contribution in [3.8, 4) is 0 Å². The average molecular weight is 156 g/mol. The molecule has 0 aromatic heterocycles. The summed E-state index contributed by atoms with van der Waals surface area (Å²) in [5.74, 6) is 1.13. The second-order valence-corrected chi connectivity index (χ2v) is 4.13. The third-order valence-corrected chi connectivity index (χ3v) is 3.24. The minimum absolute atomic E-state index is 0.0133. The van der Waals surface area contributed by atoms with E-state index in [-0.39, 0.29) is 5.60 Å². The van der Waals surface area contributed by atoms with Crippen LogP contribution in [0.4, 0.5) is 0 Å². The van der Waals surface area contributed by atoms with Crippen molar-refractivity contribution < 1.29 is 9.47 Å². The van der Waals surface area contributed by atoms with Crippen molar-refractivity contribution in [1.29, 1.82) is 0 Å². The van der Waals surface area contributed by atoms with Crippen LogP contribution in [0.5, 0.6) is 0 Å². The largest absolute Gasteiger partial charge is 0.374 e. The molecule has 0 aromatic carbocycles. The molecule has 4 atom stereocenters. The predicted molar refractivity (Wildman–Crippen MR) is 42.4 cm³/mol. The molecule has 2 rings (SSSR count). The Morgan fingerprint density at radius 3 is 2.64 bits per heavy atom. The van der Waals surface area contributed by atoms with E-state index in [1.54, 1.807) is 0 Å². The maximum Gasteiger partial charge on any atom is 0.0965 e. The molecule has 0 radical (unpaired) electrons. The van der Waals surface area contributed by atoms with Gasteiger partial charge in [0, 0.05) is 11.8 Å². The Labute approximate surface area is 67.9 Å². The van der Waals surface area contributed by atoms with Crippen LogP contribution in [0, 0.1) is 11.8 Å². The first-order valence-electron chi connectivity index (χ1n) is 4.40. The summed E-state index contributed by atoms with van der Waals surface area (Å²) in [5, 5.41) is 0. The van der Waals surface area contributed by atoms with Crippen LogP contribution in [-0.4, -0.2) is 24.9 Å². The van der Waals surface area contributed by atoms with Crippen LogP contribution in [0.1, 0.15) is 20.8 Å². The molecule has 2 saturated heterocycles. The van der Waals surface area contributed by atoms with Gasteiger partial charge in [0.25, 0.3) is 0 Å². The zero-order valence-corrected chi connectivity index (χ0v) is 7.46. The van der Waals surface area contributed by atoms with Crippen molar-refractivity contribution in [2.45, 2.75) is 32.5 Å². The van der Waals surface area contributed by atoms with Crippen molar-refractivity contribution in [3.63, 3.8) is 0 Å². The van der Waals surface area contributed by atoms with Crippen molar-refractivity contribution in [3.05, 3.63) is 0 Å². The molecule has 2 aliphatic rings. The van der Waals surface area contributed by atoms with E-state index in [4.69, 9.17) is 9.47 Å². The first kappa shape index (κ1) is 7.56. The molecule has 2 aliphatic heterocycles. The number of rotatable bonds is 0. The molecule has 2 nitrogen and oxygen atoms in total. The standard InChI is InChI=1S/C9H16O2/c1-6-4-11-9(3)7(2)5-10-8(6)9/h6-8H,4-5H2,1-3H3/t6-,7+,8?,9-/m1/s1. The van der Waals surface area contributed by atoms with Gasteiger partial charge in [0.05, 0.1) is 24.9 Å². The normalized spacial score (nSPS) is 56.5. The highest BCUT2D eigenvalue weighted by atomic mass is 16.6. The van der Waals surface area contributed by atoms with Gasteiger partial charge in [-0.1, -0.05) is 13.8 Å². The third kappa shape index (κ3) is 0.859. The van der Waals surface area contributed by atoms with Crippen LogP contribution in [0.15, 0.2) is 0 Å². The monoisotopic (exact) mass is 156 g/mol. The maximum absolute atomic E-state index is 5.76. The Morgan fingerprint density at radius 2 is 2.00 bits per heavy atom. The molecule has 2 heterocycles. The molecular formula is C9H16O2. The lowest BCUT2D eigenvalue weighted by atomic mass is 9.86. The van der Waals surface area contributed by atoms with E-state index < -0.39 is 0 Å².